The van der Waals surface area contributed by atoms with Gasteiger partial charge < -0.3 is 10.1 Å². The number of hydrogen-bond donors (Lipinski definition) is 1. The average molecular weight is 257 g/mol. The molecule has 19 heavy (non-hydrogen) atoms. The van der Waals surface area contributed by atoms with Crippen molar-refractivity contribution < 1.29 is 9.53 Å². The fraction of sp³-hybridized carbons (Fsp3) is 0.214. The van der Waals surface area contributed by atoms with Gasteiger partial charge >= 0.3 is 5.97 Å². The number of ether oxygens (including phenoxy) is 1. The van der Waals surface area contributed by atoms with E-state index in [9.17, 15) is 4.79 Å². The Bertz CT molecular complexity index is 545. The molecule has 0 aromatic carbocycles. The van der Waals surface area contributed by atoms with Gasteiger partial charge in [0.05, 0.1) is 5.69 Å². The third-order valence-corrected chi connectivity index (χ3v) is 2.92. The number of carbonyl (C=O) groups excluding carboxylic acids is 1. The van der Waals surface area contributed by atoms with Gasteiger partial charge in [0, 0.05) is 18.5 Å². The largest absolute Gasteiger partial charge is 0.406 e. The number of pyridine rings is 2. The minimum Gasteiger partial charge on any atom is -0.406 e. The first kappa shape index (κ1) is 13.2. The number of likely N-dealkylation sites (N-methyl/N-ethyl adjacent to an activating group) is 1. The van der Waals surface area contributed by atoms with Gasteiger partial charge in [-0.05, 0) is 32.2 Å². The van der Waals surface area contributed by atoms with E-state index in [2.05, 4.69) is 15.3 Å². The second-order valence-electron chi connectivity index (χ2n) is 4.15. The molecule has 0 aliphatic heterocycles. The van der Waals surface area contributed by atoms with E-state index in [-0.39, 0.29) is 5.88 Å². The van der Waals surface area contributed by atoms with Gasteiger partial charge in [0.25, 0.3) is 0 Å². The molecule has 1 atom stereocenters. The smallest absolute Gasteiger partial charge is 0.339 e. The number of aromatic nitrogens is 2. The van der Waals surface area contributed by atoms with Crippen molar-refractivity contribution in [2.45, 2.75) is 12.5 Å². The third-order valence-electron chi connectivity index (χ3n) is 2.92. The first-order chi connectivity index (χ1) is 9.16. The predicted octanol–water partition coefficient (Wildman–Crippen LogP) is 1.52. The second-order valence-corrected chi connectivity index (χ2v) is 4.15. The highest BCUT2D eigenvalue weighted by Gasteiger charge is 2.37. The molecule has 5 heteroatoms. The van der Waals surface area contributed by atoms with Crippen molar-refractivity contribution in [3.05, 3.63) is 54.5 Å². The van der Waals surface area contributed by atoms with E-state index in [4.69, 9.17) is 4.74 Å². The Balaban J connectivity index is 2.24. The summed E-state index contributed by atoms with van der Waals surface area (Å²) in [7, 11) is 1.69. The fourth-order valence-electron chi connectivity index (χ4n) is 1.60. The van der Waals surface area contributed by atoms with Crippen LogP contribution in [0.1, 0.15) is 12.6 Å². The van der Waals surface area contributed by atoms with Gasteiger partial charge in [0.2, 0.25) is 5.88 Å². The van der Waals surface area contributed by atoms with Gasteiger partial charge in [-0.1, -0.05) is 12.1 Å². The standard InChI is InChI=1S/C14H15N3O2/c1-14(15-2,11-7-3-5-9-16-11)13(18)19-12-8-4-6-10-17-12/h3-10,15H,1-2H3. The number of carbonyl (C=O) groups is 1. The summed E-state index contributed by atoms with van der Waals surface area (Å²) in [6.45, 7) is 1.72. The zero-order valence-corrected chi connectivity index (χ0v) is 10.8. The summed E-state index contributed by atoms with van der Waals surface area (Å²) in [5, 5.41) is 2.95. The van der Waals surface area contributed by atoms with Crippen molar-refractivity contribution in [1.82, 2.24) is 15.3 Å². The van der Waals surface area contributed by atoms with Crippen LogP contribution < -0.4 is 10.1 Å². The molecular weight excluding hydrogens is 242 g/mol. The van der Waals surface area contributed by atoms with Gasteiger partial charge in [0.15, 0.2) is 5.54 Å². The number of esters is 1. The van der Waals surface area contributed by atoms with E-state index in [1.165, 1.54) is 0 Å². The van der Waals surface area contributed by atoms with Gasteiger partial charge in [-0.25, -0.2) is 9.78 Å². The molecule has 0 aliphatic carbocycles. The molecule has 2 aromatic heterocycles. The van der Waals surface area contributed by atoms with E-state index >= 15 is 0 Å². The number of hydrogen-bond acceptors (Lipinski definition) is 5. The van der Waals surface area contributed by atoms with Crippen LogP contribution in [0.5, 0.6) is 5.88 Å². The first-order valence-corrected chi connectivity index (χ1v) is 5.90. The molecule has 0 aliphatic rings. The molecule has 1 unspecified atom stereocenters. The zero-order valence-electron chi connectivity index (χ0n) is 10.8. The Morgan fingerprint density at radius 2 is 1.84 bits per heavy atom. The van der Waals surface area contributed by atoms with Crippen LogP contribution in [-0.4, -0.2) is 23.0 Å². The van der Waals surface area contributed by atoms with E-state index < -0.39 is 11.5 Å². The third kappa shape index (κ3) is 2.77. The summed E-state index contributed by atoms with van der Waals surface area (Å²) < 4.78 is 5.27. The second kappa shape index (κ2) is 5.58. The molecule has 0 spiro atoms. The summed E-state index contributed by atoms with van der Waals surface area (Å²) >= 11 is 0. The quantitative estimate of drug-likeness (QED) is 0.841. The number of nitrogens with zero attached hydrogens (tertiary/aromatic N) is 2. The molecule has 1 N–H and O–H groups in total. The lowest BCUT2D eigenvalue weighted by molar-refractivity contribution is -0.142. The van der Waals surface area contributed by atoms with Gasteiger partial charge in [-0.3, -0.25) is 4.98 Å². The maximum absolute atomic E-state index is 12.3. The first-order valence-electron chi connectivity index (χ1n) is 5.90. The lowest BCUT2D eigenvalue weighted by atomic mass is 9.97. The normalized spacial score (nSPS) is 13.6. The van der Waals surface area contributed by atoms with Crippen LogP contribution in [0.25, 0.3) is 0 Å². The van der Waals surface area contributed by atoms with Crippen molar-refractivity contribution >= 4 is 5.97 Å². The number of rotatable bonds is 4. The van der Waals surface area contributed by atoms with E-state index in [1.807, 2.05) is 6.07 Å². The maximum atomic E-state index is 12.3. The topological polar surface area (TPSA) is 64.1 Å². The molecule has 0 bridgehead atoms. The molecule has 0 saturated heterocycles. The number of nitrogens with one attached hydrogen (secondary N) is 1. The van der Waals surface area contributed by atoms with Crippen LogP contribution in [0.3, 0.4) is 0 Å². The van der Waals surface area contributed by atoms with Crippen molar-refractivity contribution in [3.63, 3.8) is 0 Å². The lowest BCUT2D eigenvalue weighted by Gasteiger charge is -2.25. The van der Waals surface area contributed by atoms with Crippen molar-refractivity contribution in [3.8, 4) is 5.88 Å². The predicted molar refractivity (Wildman–Crippen MR) is 70.5 cm³/mol. The van der Waals surface area contributed by atoms with E-state index in [1.54, 1.807) is 56.7 Å². The van der Waals surface area contributed by atoms with E-state index in [0.29, 0.717) is 5.69 Å². The Labute approximate surface area is 111 Å². The molecule has 2 heterocycles. The average Bonchev–Trinajstić information content (AvgIpc) is 2.48. The molecule has 98 valence electrons. The SMILES string of the molecule is CNC(C)(C(=O)Oc1ccccn1)c1ccccn1. The molecule has 5 nitrogen and oxygen atoms in total. The molecule has 0 amide bonds. The fourth-order valence-corrected chi connectivity index (χ4v) is 1.60. The maximum Gasteiger partial charge on any atom is 0.339 e. The summed E-state index contributed by atoms with van der Waals surface area (Å²) in [4.78, 5) is 20.5. The van der Waals surface area contributed by atoms with Crippen LogP contribution >= 0.6 is 0 Å². The van der Waals surface area contributed by atoms with Gasteiger partial charge in [-0.2, -0.15) is 0 Å². The van der Waals surface area contributed by atoms with Crippen LogP contribution in [0.4, 0.5) is 0 Å². The summed E-state index contributed by atoms with van der Waals surface area (Å²) in [6.07, 6.45) is 3.21. The Morgan fingerprint density at radius 1 is 1.16 bits per heavy atom. The Hall–Kier alpha value is -2.27. The molecule has 0 fully saturated rings. The van der Waals surface area contributed by atoms with Crippen LogP contribution in [0, 0.1) is 0 Å². The minimum absolute atomic E-state index is 0.268. The highest BCUT2D eigenvalue weighted by molar-refractivity contribution is 5.83. The minimum atomic E-state index is -1.02. The van der Waals surface area contributed by atoms with Crippen LogP contribution in [0.15, 0.2) is 48.8 Å². The Kier molecular flexibility index (Phi) is 3.87. The van der Waals surface area contributed by atoms with Crippen LogP contribution in [0.2, 0.25) is 0 Å². The summed E-state index contributed by atoms with van der Waals surface area (Å²) in [5.41, 5.74) is -0.419. The highest BCUT2D eigenvalue weighted by atomic mass is 16.5. The van der Waals surface area contributed by atoms with Crippen LogP contribution in [-0.2, 0) is 10.3 Å². The van der Waals surface area contributed by atoms with E-state index in [0.717, 1.165) is 0 Å². The molecule has 0 saturated carbocycles. The van der Waals surface area contributed by atoms with Gasteiger partial charge in [-0.15, -0.1) is 0 Å². The summed E-state index contributed by atoms with van der Waals surface area (Å²) in [6, 6.07) is 10.5. The lowest BCUT2D eigenvalue weighted by Crippen LogP contribution is -2.47. The zero-order chi connectivity index (χ0) is 13.7. The van der Waals surface area contributed by atoms with Crippen molar-refractivity contribution in [1.29, 1.82) is 0 Å². The monoisotopic (exact) mass is 257 g/mol. The summed E-state index contributed by atoms with van der Waals surface area (Å²) in [5.74, 6) is -0.183. The molecular formula is C14H15N3O2. The van der Waals surface area contributed by atoms with Crippen molar-refractivity contribution in [2.75, 3.05) is 7.05 Å². The molecule has 2 aromatic rings. The van der Waals surface area contributed by atoms with Crippen molar-refractivity contribution in [2.24, 2.45) is 0 Å². The molecule has 2 rings (SSSR count). The van der Waals surface area contributed by atoms with Gasteiger partial charge in [0.1, 0.15) is 0 Å². The highest BCUT2D eigenvalue weighted by Crippen LogP contribution is 2.20. The Morgan fingerprint density at radius 3 is 2.37 bits per heavy atom. The molecule has 0 radical (unpaired) electrons.